The molecule has 4 heteroatoms. The zero-order chi connectivity index (χ0) is 18.3. The Morgan fingerprint density at radius 2 is 1.77 bits per heavy atom. The van der Waals surface area contributed by atoms with Gasteiger partial charge in [0.1, 0.15) is 5.70 Å². The van der Waals surface area contributed by atoms with E-state index in [-0.39, 0.29) is 18.4 Å². The quantitative estimate of drug-likeness (QED) is 0.631. The molecule has 0 radical (unpaired) electrons. The average Bonchev–Trinajstić information content (AvgIpc) is 3.17. The average molecular weight is 344 g/mol. The molecule has 0 bridgehead atoms. The van der Waals surface area contributed by atoms with Crippen molar-refractivity contribution in [2.75, 3.05) is 18.0 Å². The number of carbonyl (C=O) groups excluding carboxylic acids is 2. The molecule has 2 aliphatic rings. The van der Waals surface area contributed by atoms with E-state index in [0.29, 0.717) is 17.8 Å². The smallest absolute Gasteiger partial charge is 0.278 e. The Balaban J connectivity index is 1.88. The highest BCUT2D eigenvalue weighted by Crippen LogP contribution is 2.38. The molecule has 0 atom stereocenters. The molecule has 4 nitrogen and oxygen atoms in total. The van der Waals surface area contributed by atoms with Crippen LogP contribution in [0.4, 0.5) is 5.69 Å². The van der Waals surface area contributed by atoms with E-state index >= 15 is 0 Å². The van der Waals surface area contributed by atoms with Crippen LogP contribution < -0.4 is 4.90 Å². The van der Waals surface area contributed by atoms with Crippen molar-refractivity contribution in [3.05, 3.63) is 83.6 Å². The van der Waals surface area contributed by atoms with Gasteiger partial charge < -0.3 is 4.90 Å². The Kier molecular flexibility index (Phi) is 3.96. The topological polar surface area (TPSA) is 40.6 Å². The second-order valence-electron chi connectivity index (χ2n) is 6.63. The van der Waals surface area contributed by atoms with Gasteiger partial charge in [-0.3, -0.25) is 14.5 Å². The molecule has 0 aromatic heterocycles. The molecule has 0 saturated carbocycles. The Morgan fingerprint density at radius 3 is 2.50 bits per heavy atom. The number of para-hydroxylation sites is 1. The van der Waals surface area contributed by atoms with Crippen LogP contribution in [0, 0.1) is 6.92 Å². The molecule has 2 amide bonds. The Bertz CT molecular complexity index is 941. The van der Waals surface area contributed by atoms with E-state index in [1.165, 1.54) is 10.5 Å². The lowest BCUT2D eigenvalue weighted by Crippen LogP contribution is -2.34. The molecule has 0 N–H and O–H groups in total. The summed E-state index contributed by atoms with van der Waals surface area (Å²) in [5.41, 5.74) is 5.06. The molecule has 2 aromatic carbocycles. The Hall–Kier alpha value is -3.14. The number of nitrogens with zero attached hydrogens (tertiary/aromatic N) is 2. The van der Waals surface area contributed by atoms with E-state index in [1.807, 2.05) is 54.3 Å². The van der Waals surface area contributed by atoms with Crippen molar-refractivity contribution < 1.29 is 9.59 Å². The molecule has 4 rings (SSSR count). The maximum Gasteiger partial charge on any atom is 0.278 e. The first-order valence-corrected chi connectivity index (χ1v) is 8.75. The molecule has 0 saturated heterocycles. The molecule has 0 fully saturated rings. The summed E-state index contributed by atoms with van der Waals surface area (Å²) in [5.74, 6) is -0.500. The zero-order valence-corrected chi connectivity index (χ0v) is 14.7. The van der Waals surface area contributed by atoms with Crippen LogP contribution in [0.15, 0.2) is 66.9 Å². The van der Waals surface area contributed by atoms with Crippen LogP contribution >= 0.6 is 0 Å². The molecule has 130 valence electrons. The SMILES string of the molecule is C=CCN1C(=O)C(c2ccc(C)cc2)=C(N2CCc3ccccc32)C1=O. The first kappa shape index (κ1) is 16.3. The summed E-state index contributed by atoms with van der Waals surface area (Å²) in [4.78, 5) is 29.4. The van der Waals surface area contributed by atoms with Crippen LogP contribution in [0.3, 0.4) is 0 Å². The van der Waals surface area contributed by atoms with Gasteiger partial charge in [-0.15, -0.1) is 6.58 Å². The summed E-state index contributed by atoms with van der Waals surface area (Å²) < 4.78 is 0. The van der Waals surface area contributed by atoms with E-state index in [0.717, 1.165) is 23.2 Å². The first-order chi connectivity index (χ1) is 12.6. The Labute approximate surface area is 153 Å². The van der Waals surface area contributed by atoms with Gasteiger partial charge >= 0.3 is 0 Å². The van der Waals surface area contributed by atoms with Crippen LogP contribution in [0.25, 0.3) is 5.57 Å². The van der Waals surface area contributed by atoms with Crippen LogP contribution in [0.2, 0.25) is 0 Å². The molecule has 0 spiro atoms. The van der Waals surface area contributed by atoms with Gasteiger partial charge in [-0.05, 0) is 30.5 Å². The van der Waals surface area contributed by atoms with Crippen molar-refractivity contribution >= 4 is 23.1 Å². The third-order valence-electron chi connectivity index (χ3n) is 4.95. The predicted octanol–water partition coefficient (Wildman–Crippen LogP) is 3.32. The summed E-state index contributed by atoms with van der Waals surface area (Å²) in [6.45, 7) is 6.60. The molecule has 0 aliphatic carbocycles. The number of hydrogen-bond donors (Lipinski definition) is 0. The lowest BCUT2D eigenvalue weighted by molar-refractivity contribution is -0.136. The lowest BCUT2D eigenvalue weighted by atomic mass is 10.0. The van der Waals surface area contributed by atoms with E-state index in [2.05, 4.69) is 12.6 Å². The molecule has 2 heterocycles. The number of carbonyl (C=O) groups is 2. The zero-order valence-electron chi connectivity index (χ0n) is 14.7. The van der Waals surface area contributed by atoms with Crippen molar-refractivity contribution in [3.8, 4) is 0 Å². The largest absolute Gasteiger partial charge is 0.336 e. The summed E-state index contributed by atoms with van der Waals surface area (Å²) in [6.07, 6.45) is 2.45. The molecule has 2 aliphatic heterocycles. The number of imide groups is 1. The van der Waals surface area contributed by atoms with E-state index in [1.54, 1.807) is 6.08 Å². The van der Waals surface area contributed by atoms with Gasteiger partial charge in [0.25, 0.3) is 11.8 Å². The van der Waals surface area contributed by atoms with Gasteiger partial charge in [0, 0.05) is 18.8 Å². The number of rotatable bonds is 4. The maximum absolute atomic E-state index is 13.1. The minimum atomic E-state index is -0.252. The van der Waals surface area contributed by atoms with Crippen LogP contribution in [0.5, 0.6) is 0 Å². The second kappa shape index (κ2) is 6.30. The fourth-order valence-corrected chi connectivity index (χ4v) is 3.66. The van der Waals surface area contributed by atoms with E-state index in [9.17, 15) is 9.59 Å². The van der Waals surface area contributed by atoms with Gasteiger partial charge in [0.2, 0.25) is 0 Å². The monoisotopic (exact) mass is 344 g/mol. The number of amides is 2. The summed E-state index contributed by atoms with van der Waals surface area (Å²) in [5, 5.41) is 0. The van der Waals surface area contributed by atoms with Gasteiger partial charge in [-0.2, -0.15) is 0 Å². The van der Waals surface area contributed by atoms with Crippen molar-refractivity contribution in [3.63, 3.8) is 0 Å². The summed E-state index contributed by atoms with van der Waals surface area (Å²) in [7, 11) is 0. The molecular formula is C22H20N2O2. The number of anilines is 1. The van der Waals surface area contributed by atoms with Crippen LogP contribution in [-0.2, 0) is 16.0 Å². The van der Waals surface area contributed by atoms with Crippen molar-refractivity contribution in [2.45, 2.75) is 13.3 Å². The standard InChI is InChI=1S/C22H20N2O2/c1-3-13-24-21(25)19(17-10-8-15(2)9-11-17)20(22(24)26)23-14-12-16-6-4-5-7-18(16)23/h3-11H,1,12-14H2,2H3. The van der Waals surface area contributed by atoms with Gasteiger partial charge in [0.05, 0.1) is 5.57 Å². The predicted molar refractivity (Wildman–Crippen MR) is 103 cm³/mol. The van der Waals surface area contributed by atoms with Crippen LogP contribution in [-0.4, -0.2) is 29.8 Å². The molecule has 2 aromatic rings. The van der Waals surface area contributed by atoms with E-state index < -0.39 is 0 Å². The minimum absolute atomic E-state index is 0.214. The highest BCUT2D eigenvalue weighted by molar-refractivity contribution is 6.36. The maximum atomic E-state index is 13.1. The van der Waals surface area contributed by atoms with Gasteiger partial charge in [0.15, 0.2) is 0 Å². The normalized spacial score (nSPS) is 16.5. The van der Waals surface area contributed by atoms with Crippen molar-refractivity contribution in [2.24, 2.45) is 0 Å². The third-order valence-corrected chi connectivity index (χ3v) is 4.95. The summed E-state index contributed by atoms with van der Waals surface area (Å²) >= 11 is 0. The first-order valence-electron chi connectivity index (χ1n) is 8.75. The third kappa shape index (κ3) is 2.46. The number of fused-ring (bicyclic) bond motifs is 1. The van der Waals surface area contributed by atoms with Gasteiger partial charge in [-0.25, -0.2) is 0 Å². The van der Waals surface area contributed by atoms with Gasteiger partial charge in [-0.1, -0.05) is 54.1 Å². The number of hydrogen-bond acceptors (Lipinski definition) is 3. The van der Waals surface area contributed by atoms with Crippen molar-refractivity contribution in [1.82, 2.24) is 4.90 Å². The highest BCUT2D eigenvalue weighted by Gasteiger charge is 2.42. The molecule has 0 unspecified atom stereocenters. The minimum Gasteiger partial charge on any atom is -0.336 e. The van der Waals surface area contributed by atoms with E-state index in [4.69, 9.17) is 0 Å². The fourth-order valence-electron chi connectivity index (χ4n) is 3.66. The number of aryl methyl sites for hydroxylation is 1. The van der Waals surface area contributed by atoms with Crippen molar-refractivity contribution in [1.29, 1.82) is 0 Å². The van der Waals surface area contributed by atoms with Crippen LogP contribution in [0.1, 0.15) is 16.7 Å². The summed E-state index contributed by atoms with van der Waals surface area (Å²) in [6, 6.07) is 15.8. The fraction of sp³-hybridized carbons (Fsp3) is 0.182. The highest BCUT2D eigenvalue weighted by atomic mass is 16.2. The Morgan fingerprint density at radius 1 is 1.04 bits per heavy atom. The number of benzene rings is 2. The molecular weight excluding hydrogens is 324 g/mol. The molecule has 26 heavy (non-hydrogen) atoms. The lowest BCUT2D eigenvalue weighted by Gasteiger charge is -2.21. The second-order valence-corrected chi connectivity index (χ2v) is 6.63.